The van der Waals surface area contributed by atoms with Crippen LogP contribution in [0.2, 0.25) is 0 Å². The van der Waals surface area contributed by atoms with Crippen LogP contribution < -0.4 is 4.74 Å². The fraction of sp³-hybridized carbons (Fsp3) is 0.591. The number of fused-ring (bicyclic) bond motifs is 1. The first-order valence-corrected chi connectivity index (χ1v) is 11.2. The highest BCUT2D eigenvalue weighted by molar-refractivity contribution is 9.10. The zero-order valence-corrected chi connectivity index (χ0v) is 20.5. The molecule has 1 saturated heterocycles. The molecule has 31 heavy (non-hydrogen) atoms. The summed E-state index contributed by atoms with van der Waals surface area (Å²) in [4.78, 5) is 26.6. The first-order chi connectivity index (χ1) is 14.3. The number of benzene rings is 1. The molecule has 0 spiro atoms. The second-order valence-corrected chi connectivity index (χ2v) is 10.6. The average molecular weight is 496 g/mol. The Morgan fingerprint density at radius 2 is 1.58 bits per heavy atom. The highest BCUT2D eigenvalue weighted by Gasteiger charge is 2.29. The summed E-state index contributed by atoms with van der Waals surface area (Å²) in [5.41, 5.74) is -0.562. The number of nitrogens with zero attached hydrogens (tertiary/aromatic N) is 3. The van der Waals surface area contributed by atoms with Crippen LogP contribution in [0.3, 0.4) is 0 Å². The lowest BCUT2D eigenvalue weighted by Gasteiger charge is -2.33. The van der Waals surface area contributed by atoms with Crippen molar-refractivity contribution < 1.29 is 23.8 Å². The zero-order chi connectivity index (χ0) is 23.0. The molecule has 2 aromatic rings. The minimum Gasteiger partial charge on any atom is -0.473 e. The number of ether oxygens (including phenoxy) is 3. The van der Waals surface area contributed by atoms with Gasteiger partial charge in [-0.15, -0.1) is 5.10 Å². The first kappa shape index (κ1) is 23.4. The summed E-state index contributed by atoms with van der Waals surface area (Å²) in [5, 5.41) is 5.13. The van der Waals surface area contributed by atoms with Crippen LogP contribution in [0.5, 0.6) is 5.88 Å². The zero-order valence-electron chi connectivity index (χ0n) is 18.9. The number of amides is 1. The van der Waals surface area contributed by atoms with Crippen molar-refractivity contribution in [2.45, 2.75) is 71.7 Å². The Morgan fingerprint density at radius 1 is 1.00 bits per heavy atom. The van der Waals surface area contributed by atoms with Gasteiger partial charge < -0.3 is 19.1 Å². The lowest BCUT2D eigenvalue weighted by atomic mass is 10.1. The molecule has 0 atom stereocenters. The molecular formula is C22H30BrN3O5. The second-order valence-electron chi connectivity index (χ2n) is 9.64. The molecule has 2 heterocycles. The van der Waals surface area contributed by atoms with E-state index in [0.29, 0.717) is 37.3 Å². The van der Waals surface area contributed by atoms with E-state index in [1.165, 1.54) is 4.68 Å². The molecule has 1 aliphatic rings. The van der Waals surface area contributed by atoms with Crippen molar-refractivity contribution in [2.24, 2.45) is 0 Å². The van der Waals surface area contributed by atoms with Crippen LogP contribution in [0, 0.1) is 0 Å². The van der Waals surface area contributed by atoms with E-state index < -0.39 is 17.3 Å². The molecule has 0 saturated carbocycles. The van der Waals surface area contributed by atoms with E-state index in [9.17, 15) is 9.59 Å². The van der Waals surface area contributed by atoms with E-state index in [1.807, 2.05) is 59.7 Å². The van der Waals surface area contributed by atoms with E-state index in [-0.39, 0.29) is 12.2 Å². The van der Waals surface area contributed by atoms with Gasteiger partial charge in [0.05, 0.1) is 10.9 Å². The van der Waals surface area contributed by atoms with Crippen LogP contribution >= 0.6 is 15.9 Å². The summed E-state index contributed by atoms with van der Waals surface area (Å²) < 4.78 is 19.1. The van der Waals surface area contributed by atoms with Gasteiger partial charge >= 0.3 is 12.2 Å². The van der Waals surface area contributed by atoms with Crippen molar-refractivity contribution in [1.82, 2.24) is 14.7 Å². The van der Waals surface area contributed by atoms with E-state index in [4.69, 9.17) is 14.2 Å². The van der Waals surface area contributed by atoms with Crippen LogP contribution in [-0.4, -0.2) is 57.3 Å². The third-order valence-corrected chi connectivity index (χ3v) is 5.04. The normalized spacial score (nSPS) is 15.8. The monoisotopic (exact) mass is 495 g/mol. The molecule has 0 N–H and O–H groups in total. The Hall–Kier alpha value is -2.29. The molecule has 1 fully saturated rings. The van der Waals surface area contributed by atoms with E-state index in [1.54, 1.807) is 4.90 Å². The summed E-state index contributed by atoms with van der Waals surface area (Å²) in [6.45, 7) is 12.1. The maximum absolute atomic E-state index is 12.7. The predicted octanol–water partition coefficient (Wildman–Crippen LogP) is 5.36. The number of hydrogen-bond acceptors (Lipinski definition) is 6. The second kappa shape index (κ2) is 8.68. The Balaban J connectivity index is 1.74. The number of hydrogen-bond donors (Lipinski definition) is 0. The van der Waals surface area contributed by atoms with Crippen LogP contribution in [0.4, 0.5) is 9.59 Å². The molecule has 0 unspecified atom stereocenters. The molecule has 0 radical (unpaired) electrons. The Morgan fingerprint density at radius 3 is 2.16 bits per heavy atom. The SMILES string of the molecule is CC(C)(C)OC(=O)N1CCC(Oc2nn(C(=O)OC(C)(C)C)c3cc(Br)ccc23)CC1. The molecule has 8 nitrogen and oxygen atoms in total. The Bertz CT molecular complexity index is 966. The number of carbonyl (C=O) groups is 2. The molecule has 1 aromatic heterocycles. The van der Waals surface area contributed by atoms with Gasteiger partial charge in [-0.05, 0) is 59.7 Å². The van der Waals surface area contributed by atoms with Gasteiger partial charge in [-0.3, -0.25) is 0 Å². The van der Waals surface area contributed by atoms with Crippen molar-refractivity contribution in [2.75, 3.05) is 13.1 Å². The fourth-order valence-electron chi connectivity index (χ4n) is 3.23. The number of piperidine rings is 1. The highest BCUT2D eigenvalue weighted by Crippen LogP contribution is 2.30. The largest absolute Gasteiger partial charge is 0.473 e. The van der Waals surface area contributed by atoms with Crippen molar-refractivity contribution in [1.29, 1.82) is 0 Å². The Labute approximate surface area is 190 Å². The molecule has 9 heteroatoms. The molecule has 1 aromatic carbocycles. The molecule has 0 aliphatic carbocycles. The number of likely N-dealkylation sites (tertiary alicyclic amines) is 1. The van der Waals surface area contributed by atoms with Gasteiger partial charge in [0, 0.05) is 30.4 Å². The van der Waals surface area contributed by atoms with Gasteiger partial charge in [0.15, 0.2) is 0 Å². The van der Waals surface area contributed by atoms with Crippen molar-refractivity contribution >= 4 is 39.0 Å². The summed E-state index contributed by atoms with van der Waals surface area (Å²) in [5.74, 6) is 0.379. The minimum absolute atomic E-state index is 0.118. The quantitative estimate of drug-likeness (QED) is 0.557. The number of rotatable bonds is 2. The van der Waals surface area contributed by atoms with E-state index in [2.05, 4.69) is 21.0 Å². The van der Waals surface area contributed by atoms with Crippen molar-refractivity contribution in [3.63, 3.8) is 0 Å². The van der Waals surface area contributed by atoms with Gasteiger partial charge in [-0.25, -0.2) is 9.59 Å². The molecule has 1 aliphatic heterocycles. The molecule has 170 valence electrons. The molecule has 3 rings (SSSR count). The average Bonchev–Trinajstić information content (AvgIpc) is 2.97. The third-order valence-electron chi connectivity index (χ3n) is 4.55. The molecule has 0 bridgehead atoms. The standard InChI is InChI=1S/C22H30BrN3O5/c1-21(2,3)30-19(27)25-11-9-15(10-12-25)29-18-16-8-7-14(23)13-17(16)26(24-18)20(28)31-22(4,5)6/h7-8,13,15H,9-12H2,1-6H3. The first-order valence-electron chi connectivity index (χ1n) is 10.4. The van der Waals surface area contributed by atoms with Crippen LogP contribution in [0.1, 0.15) is 54.4 Å². The maximum atomic E-state index is 12.7. The number of aromatic nitrogens is 2. The summed E-state index contributed by atoms with van der Waals surface area (Å²) in [6, 6.07) is 5.55. The van der Waals surface area contributed by atoms with Gasteiger partial charge in [0.2, 0.25) is 5.88 Å². The third kappa shape index (κ3) is 6.12. The smallest absolute Gasteiger partial charge is 0.435 e. The lowest BCUT2D eigenvalue weighted by Crippen LogP contribution is -2.44. The van der Waals surface area contributed by atoms with Crippen LogP contribution in [-0.2, 0) is 9.47 Å². The lowest BCUT2D eigenvalue weighted by molar-refractivity contribution is 0.0121. The fourth-order valence-corrected chi connectivity index (χ4v) is 3.58. The van der Waals surface area contributed by atoms with E-state index >= 15 is 0 Å². The Kier molecular flexibility index (Phi) is 6.55. The topological polar surface area (TPSA) is 82.9 Å². The number of carbonyl (C=O) groups excluding carboxylic acids is 2. The minimum atomic E-state index is -0.642. The molecular weight excluding hydrogens is 466 g/mol. The van der Waals surface area contributed by atoms with Crippen LogP contribution in [0.25, 0.3) is 10.9 Å². The van der Waals surface area contributed by atoms with Gasteiger partial charge in [0.25, 0.3) is 0 Å². The van der Waals surface area contributed by atoms with Crippen molar-refractivity contribution in [3.05, 3.63) is 22.7 Å². The summed E-state index contributed by atoms with van der Waals surface area (Å²) in [6.07, 6.45) is 0.306. The van der Waals surface area contributed by atoms with Crippen molar-refractivity contribution in [3.8, 4) is 5.88 Å². The molecule has 1 amide bonds. The van der Waals surface area contributed by atoms with Gasteiger partial charge in [-0.2, -0.15) is 4.68 Å². The maximum Gasteiger partial charge on any atom is 0.435 e. The highest BCUT2D eigenvalue weighted by atomic mass is 79.9. The van der Waals surface area contributed by atoms with Gasteiger partial charge in [-0.1, -0.05) is 15.9 Å². The summed E-state index contributed by atoms with van der Waals surface area (Å²) >= 11 is 3.44. The van der Waals surface area contributed by atoms with Gasteiger partial charge in [0.1, 0.15) is 17.3 Å². The van der Waals surface area contributed by atoms with Crippen LogP contribution in [0.15, 0.2) is 22.7 Å². The predicted molar refractivity (Wildman–Crippen MR) is 121 cm³/mol. The van der Waals surface area contributed by atoms with E-state index in [0.717, 1.165) is 9.86 Å². The summed E-state index contributed by atoms with van der Waals surface area (Å²) in [7, 11) is 0. The number of halogens is 1.